The summed E-state index contributed by atoms with van der Waals surface area (Å²) in [6.07, 6.45) is -0.258. The van der Waals surface area contributed by atoms with Crippen LogP contribution in [0.3, 0.4) is 0 Å². The number of hydrogen-bond acceptors (Lipinski definition) is 3. The summed E-state index contributed by atoms with van der Waals surface area (Å²) in [5, 5.41) is 0. The van der Waals surface area contributed by atoms with E-state index >= 15 is 0 Å². The molecule has 0 spiro atoms. The summed E-state index contributed by atoms with van der Waals surface area (Å²) in [5.41, 5.74) is 7.43. The summed E-state index contributed by atoms with van der Waals surface area (Å²) in [4.78, 5) is 0. The minimum absolute atomic E-state index is 0.0735. The zero-order valence-corrected chi connectivity index (χ0v) is 20.6. The van der Waals surface area contributed by atoms with Crippen molar-refractivity contribution in [2.45, 2.75) is 57.6 Å². The fourth-order valence-corrected chi connectivity index (χ4v) is 6.44. The molecule has 2 aliphatic rings. The number of hydrogen-bond donors (Lipinski definition) is 0. The maximum atomic E-state index is 6.83. The first kappa shape index (κ1) is 20.8. The van der Waals surface area contributed by atoms with Gasteiger partial charge in [-0.2, -0.15) is 0 Å². The summed E-state index contributed by atoms with van der Waals surface area (Å²) in [7, 11) is -1.81. The van der Waals surface area contributed by atoms with Crippen LogP contribution >= 0.6 is 0 Å². The highest BCUT2D eigenvalue weighted by Crippen LogP contribution is 2.58. The average Bonchev–Trinajstić information content (AvgIpc) is 2.97. The zero-order chi connectivity index (χ0) is 21.0. The van der Waals surface area contributed by atoms with E-state index in [2.05, 4.69) is 87.8 Å². The van der Waals surface area contributed by atoms with Crippen molar-refractivity contribution < 1.29 is 13.6 Å². The van der Waals surface area contributed by atoms with Gasteiger partial charge in [-0.3, -0.25) is 0 Å². The van der Waals surface area contributed by atoms with E-state index in [0.717, 1.165) is 0 Å². The lowest BCUT2D eigenvalue weighted by Crippen LogP contribution is -2.35. The van der Waals surface area contributed by atoms with Crippen LogP contribution in [-0.4, -0.2) is 23.7 Å². The molecule has 0 aromatic heterocycles. The second-order valence-corrected chi connectivity index (χ2v) is 18.8. The SMILES string of the molecule is CO[C@@H]1C2=C(c3ccccc31)[C@H](O[Si](C)(C)C)c1ccccc1[C@@H]2O[Si](C)(C)C. The Morgan fingerprint density at radius 2 is 1.10 bits per heavy atom. The molecule has 0 radical (unpaired) electrons. The van der Waals surface area contributed by atoms with Crippen LogP contribution in [0.1, 0.15) is 40.6 Å². The lowest BCUT2D eigenvalue weighted by Gasteiger charge is -2.39. The van der Waals surface area contributed by atoms with E-state index in [1.807, 2.05) is 0 Å². The lowest BCUT2D eigenvalue weighted by atomic mass is 9.81. The van der Waals surface area contributed by atoms with Crippen LogP contribution in [0.25, 0.3) is 5.57 Å². The van der Waals surface area contributed by atoms with Gasteiger partial charge in [0.2, 0.25) is 0 Å². The van der Waals surface area contributed by atoms with E-state index in [1.54, 1.807) is 7.11 Å². The molecule has 0 fully saturated rings. The van der Waals surface area contributed by atoms with E-state index < -0.39 is 16.6 Å². The van der Waals surface area contributed by atoms with Gasteiger partial charge < -0.3 is 13.6 Å². The molecule has 154 valence electrons. The number of fused-ring (bicyclic) bond motifs is 3. The minimum atomic E-state index is -1.81. The maximum Gasteiger partial charge on any atom is 0.185 e. The monoisotopic (exact) mass is 424 g/mol. The molecule has 4 rings (SSSR count). The molecular weight excluding hydrogens is 392 g/mol. The number of rotatable bonds is 5. The molecule has 0 bridgehead atoms. The maximum absolute atomic E-state index is 6.83. The van der Waals surface area contributed by atoms with E-state index in [0.29, 0.717) is 0 Å². The van der Waals surface area contributed by atoms with E-state index in [9.17, 15) is 0 Å². The first-order valence-electron chi connectivity index (χ1n) is 10.4. The molecule has 0 aliphatic heterocycles. The van der Waals surface area contributed by atoms with Crippen molar-refractivity contribution in [1.82, 2.24) is 0 Å². The average molecular weight is 425 g/mol. The van der Waals surface area contributed by atoms with E-state index in [4.69, 9.17) is 13.6 Å². The summed E-state index contributed by atoms with van der Waals surface area (Å²) in [6.45, 7) is 13.5. The van der Waals surface area contributed by atoms with Crippen molar-refractivity contribution in [1.29, 1.82) is 0 Å². The van der Waals surface area contributed by atoms with Crippen LogP contribution in [-0.2, 0) is 13.6 Å². The minimum Gasteiger partial charge on any atom is -0.407 e. The highest BCUT2D eigenvalue weighted by molar-refractivity contribution is 6.70. The Bertz CT molecular complexity index is 953. The number of methoxy groups -OCH3 is 1. The second kappa shape index (κ2) is 7.32. The molecule has 0 amide bonds. The lowest BCUT2D eigenvalue weighted by molar-refractivity contribution is 0.103. The van der Waals surface area contributed by atoms with E-state index in [-0.39, 0.29) is 18.3 Å². The molecule has 29 heavy (non-hydrogen) atoms. The van der Waals surface area contributed by atoms with Crippen LogP contribution in [0.4, 0.5) is 0 Å². The van der Waals surface area contributed by atoms with Crippen molar-refractivity contribution in [2.24, 2.45) is 0 Å². The normalized spacial score (nSPS) is 23.6. The molecular formula is C24H32O3Si2. The fraction of sp³-hybridized carbons (Fsp3) is 0.417. The third-order valence-corrected chi connectivity index (χ3v) is 7.30. The second-order valence-electron chi connectivity index (χ2n) is 9.92. The van der Waals surface area contributed by atoms with Gasteiger partial charge in [0.05, 0.1) is 12.2 Å². The third-order valence-electron chi connectivity index (χ3n) is 5.41. The van der Waals surface area contributed by atoms with Gasteiger partial charge in [0.25, 0.3) is 0 Å². The summed E-state index contributed by atoms with van der Waals surface area (Å²) >= 11 is 0. The van der Waals surface area contributed by atoms with Gasteiger partial charge in [-0.15, -0.1) is 0 Å². The van der Waals surface area contributed by atoms with E-state index in [1.165, 1.54) is 33.4 Å². The molecule has 3 nitrogen and oxygen atoms in total. The van der Waals surface area contributed by atoms with Gasteiger partial charge in [0.1, 0.15) is 6.10 Å². The molecule has 0 unspecified atom stereocenters. The Morgan fingerprint density at radius 1 is 0.621 bits per heavy atom. The first-order valence-corrected chi connectivity index (χ1v) is 17.2. The molecule has 3 atom stereocenters. The number of benzene rings is 2. The van der Waals surface area contributed by atoms with Crippen LogP contribution in [0.5, 0.6) is 0 Å². The third kappa shape index (κ3) is 3.82. The van der Waals surface area contributed by atoms with Crippen molar-refractivity contribution in [3.05, 3.63) is 76.4 Å². The Morgan fingerprint density at radius 3 is 1.66 bits per heavy atom. The predicted octanol–water partition coefficient (Wildman–Crippen LogP) is 6.64. The highest BCUT2D eigenvalue weighted by atomic mass is 28.4. The van der Waals surface area contributed by atoms with Crippen molar-refractivity contribution in [2.75, 3.05) is 7.11 Å². The summed E-state index contributed by atoms with van der Waals surface area (Å²) < 4.78 is 19.7. The molecule has 2 aromatic rings. The molecule has 0 heterocycles. The molecule has 0 saturated heterocycles. The largest absolute Gasteiger partial charge is 0.407 e. The Labute approximate surface area is 177 Å². The van der Waals surface area contributed by atoms with Crippen molar-refractivity contribution in [3.8, 4) is 0 Å². The van der Waals surface area contributed by atoms with Crippen LogP contribution in [0.2, 0.25) is 39.3 Å². The summed E-state index contributed by atoms with van der Waals surface area (Å²) in [5.74, 6) is 0. The zero-order valence-electron chi connectivity index (χ0n) is 18.6. The topological polar surface area (TPSA) is 27.7 Å². The molecule has 0 N–H and O–H groups in total. The first-order chi connectivity index (χ1) is 13.6. The molecule has 2 aromatic carbocycles. The van der Waals surface area contributed by atoms with Gasteiger partial charge in [0.15, 0.2) is 16.6 Å². The van der Waals surface area contributed by atoms with Crippen LogP contribution in [0, 0.1) is 0 Å². The summed E-state index contributed by atoms with van der Waals surface area (Å²) in [6, 6.07) is 17.3. The Kier molecular flexibility index (Phi) is 5.24. The molecule has 5 heteroatoms. The molecule has 2 aliphatic carbocycles. The van der Waals surface area contributed by atoms with Gasteiger partial charge in [-0.25, -0.2) is 0 Å². The smallest absolute Gasteiger partial charge is 0.185 e. The highest BCUT2D eigenvalue weighted by Gasteiger charge is 2.46. The Balaban J connectivity index is 1.99. The fourth-order valence-electron chi connectivity index (χ4n) is 4.53. The Hall–Kier alpha value is -1.51. The van der Waals surface area contributed by atoms with Gasteiger partial charge in [-0.05, 0) is 67.1 Å². The van der Waals surface area contributed by atoms with Gasteiger partial charge in [0, 0.05) is 12.7 Å². The predicted molar refractivity (Wildman–Crippen MR) is 124 cm³/mol. The van der Waals surface area contributed by atoms with Gasteiger partial charge >= 0.3 is 0 Å². The van der Waals surface area contributed by atoms with Crippen LogP contribution in [0.15, 0.2) is 54.1 Å². The molecule has 0 saturated carbocycles. The number of ether oxygens (including phenoxy) is 1. The quantitative estimate of drug-likeness (QED) is 0.504. The van der Waals surface area contributed by atoms with Crippen LogP contribution < -0.4 is 0 Å². The van der Waals surface area contributed by atoms with Gasteiger partial charge in [-0.1, -0.05) is 48.5 Å². The van der Waals surface area contributed by atoms with Crippen molar-refractivity contribution >= 4 is 22.2 Å². The van der Waals surface area contributed by atoms with Crippen molar-refractivity contribution in [3.63, 3.8) is 0 Å². The standard InChI is InChI=1S/C24H32O3Si2/c1-25-22-17-13-9-8-12-16(17)20-21(22)24(27-29(5,6)7)19-15-11-10-14-18(19)23(20)26-28(2,3)4/h8-15,22-24H,1-7H3/t22-,23+,24-/m0/s1.